The lowest BCUT2D eigenvalue weighted by Gasteiger charge is -2.20. The van der Waals surface area contributed by atoms with Crippen LogP contribution in [0.3, 0.4) is 0 Å². The Kier molecular flexibility index (Phi) is 8.56. The third-order valence-electron chi connectivity index (χ3n) is 5.32. The van der Waals surface area contributed by atoms with Gasteiger partial charge in [0, 0.05) is 25.2 Å². The van der Waals surface area contributed by atoms with E-state index in [4.69, 9.17) is 4.74 Å². The van der Waals surface area contributed by atoms with Gasteiger partial charge in [-0.3, -0.25) is 14.4 Å². The van der Waals surface area contributed by atoms with Gasteiger partial charge in [0.1, 0.15) is 11.8 Å². The van der Waals surface area contributed by atoms with Crippen LogP contribution in [0, 0.1) is 0 Å². The van der Waals surface area contributed by atoms with E-state index in [0.29, 0.717) is 36.4 Å². The van der Waals surface area contributed by atoms with Crippen LogP contribution < -0.4 is 15.4 Å². The average molecular weight is 456 g/mol. The maximum atomic E-state index is 13.0. The fourth-order valence-electron chi connectivity index (χ4n) is 3.64. The first kappa shape index (κ1) is 23.7. The van der Waals surface area contributed by atoms with Crippen molar-refractivity contribution in [3.63, 3.8) is 0 Å². The van der Waals surface area contributed by atoms with E-state index in [0.717, 1.165) is 24.3 Å². The van der Waals surface area contributed by atoms with Crippen molar-refractivity contribution >= 4 is 35.2 Å². The number of benzene rings is 2. The Morgan fingerprint density at radius 3 is 2.72 bits per heavy atom. The van der Waals surface area contributed by atoms with Gasteiger partial charge in [-0.1, -0.05) is 24.3 Å². The van der Waals surface area contributed by atoms with Crippen LogP contribution >= 0.6 is 11.8 Å². The van der Waals surface area contributed by atoms with Gasteiger partial charge in [-0.05, 0) is 54.7 Å². The van der Waals surface area contributed by atoms with Gasteiger partial charge in [-0.15, -0.1) is 0 Å². The summed E-state index contributed by atoms with van der Waals surface area (Å²) in [6.07, 6.45) is 3.94. The van der Waals surface area contributed by atoms with Crippen LogP contribution in [0.4, 0.5) is 5.69 Å². The van der Waals surface area contributed by atoms with Crippen molar-refractivity contribution in [2.45, 2.75) is 31.8 Å². The number of methoxy groups -OCH3 is 1. The molecule has 1 atom stereocenters. The largest absolute Gasteiger partial charge is 0.496 e. The van der Waals surface area contributed by atoms with E-state index in [1.807, 2.05) is 29.4 Å². The Morgan fingerprint density at radius 1 is 1.19 bits per heavy atom. The molecule has 1 unspecified atom stereocenters. The first-order valence-corrected chi connectivity index (χ1v) is 12.0. The van der Waals surface area contributed by atoms with Gasteiger partial charge in [0.05, 0.1) is 12.7 Å². The first-order valence-electron chi connectivity index (χ1n) is 10.6. The number of carbonyl (C=O) groups excluding carboxylic acids is 3. The average Bonchev–Trinajstić information content (AvgIpc) is 3.20. The van der Waals surface area contributed by atoms with E-state index in [1.165, 1.54) is 7.11 Å². The molecule has 1 saturated heterocycles. The third kappa shape index (κ3) is 6.26. The smallest absolute Gasteiger partial charge is 0.255 e. The molecule has 0 aliphatic carbocycles. The molecule has 7 nitrogen and oxygen atoms in total. The summed E-state index contributed by atoms with van der Waals surface area (Å²) >= 11 is 1.61. The third-order valence-corrected chi connectivity index (χ3v) is 5.97. The molecule has 1 aliphatic rings. The second-order valence-electron chi connectivity index (χ2n) is 7.62. The highest BCUT2D eigenvalue weighted by Crippen LogP contribution is 2.19. The number of amides is 3. The summed E-state index contributed by atoms with van der Waals surface area (Å²) in [6, 6.07) is 13.7. The Morgan fingerprint density at radius 2 is 2.00 bits per heavy atom. The van der Waals surface area contributed by atoms with Crippen LogP contribution in [-0.4, -0.2) is 54.3 Å². The lowest BCUT2D eigenvalue weighted by atomic mass is 10.1. The monoisotopic (exact) mass is 455 g/mol. The quantitative estimate of drug-likeness (QED) is 0.574. The molecule has 0 spiro atoms. The molecule has 2 N–H and O–H groups in total. The Bertz CT molecular complexity index is 966. The topological polar surface area (TPSA) is 87.7 Å². The van der Waals surface area contributed by atoms with E-state index in [2.05, 4.69) is 10.6 Å². The highest BCUT2D eigenvalue weighted by atomic mass is 32.2. The fraction of sp³-hybridized carbons (Fsp3) is 0.375. The minimum atomic E-state index is -0.691. The number of hydrogen-bond acceptors (Lipinski definition) is 5. The summed E-state index contributed by atoms with van der Waals surface area (Å²) in [4.78, 5) is 39.6. The van der Waals surface area contributed by atoms with Crippen molar-refractivity contribution in [2.75, 3.05) is 31.0 Å². The van der Waals surface area contributed by atoms with E-state index in [-0.39, 0.29) is 17.7 Å². The standard InChI is InChI=1S/C24H29N3O4S/c1-31-21-10-4-3-9-19(21)23(29)26-20(12-14-32-2)24(30)25-18-8-5-7-17(15-18)16-27-13-6-11-22(27)28/h3-5,7-10,15,20H,6,11-14,16H2,1-2H3,(H,25,30)(H,26,29). The number of carbonyl (C=O) groups is 3. The van der Waals surface area contributed by atoms with Crippen molar-refractivity contribution in [2.24, 2.45) is 0 Å². The van der Waals surface area contributed by atoms with E-state index < -0.39 is 6.04 Å². The van der Waals surface area contributed by atoms with Crippen molar-refractivity contribution in [3.8, 4) is 5.75 Å². The maximum absolute atomic E-state index is 13.0. The lowest BCUT2D eigenvalue weighted by Crippen LogP contribution is -2.44. The minimum absolute atomic E-state index is 0.163. The van der Waals surface area contributed by atoms with Crippen LogP contribution in [0.15, 0.2) is 48.5 Å². The number of para-hydroxylation sites is 1. The molecule has 2 aromatic rings. The van der Waals surface area contributed by atoms with Gasteiger partial charge >= 0.3 is 0 Å². The van der Waals surface area contributed by atoms with Crippen LogP contribution in [0.25, 0.3) is 0 Å². The minimum Gasteiger partial charge on any atom is -0.496 e. The number of anilines is 1. The molecule has 2 aromatic carbocycles. The van der Waals surface area contributed by atoms with E-state index in [1.54, 1.807) is 42.1 Å². The Hall–Kier alpha value is -3.00. The molecule has 3 amide bonds. The molecule has 0 saturated carbocycles. The number of nitrogens with one attached hydrogen (secondary N) is 2. The highest BCUT2D eigenvalue weighted by Gasteiger charge is 2.23. The summed E-state index contributed by atoms with van der Waals surface area (Å²) < 4.78 is 5.27. The predicted octanol–water partition coefficient (Wildman–Crippen LogP) is 3.31. The molecule has 1 aliphatic heterocycles. The number of rotatable bonds is 10. The molecule has 1 fully saturated rings. The Balaban J connectivity index is 1.68. The lowest BCUT2D eigenvalue weighted by molar-refractivity contribution is -0.128. The molecule has 0 aromatic heterocycles. The maximum Gasteiger partial charge on any atom is 0.255 e. The van der Waals surface area contributed by atoms with Crippen molar-refractivity contribution in [1.29, 1.82) is 0 Å². The van der Waals surface area contributed by atoms with Gasteiger partial charge in [-0.2, -0.15) is 11.8 Å². The van der Waals surface area contributed by atoms with Gasteiger partial charge < -0.3 is 20.3 Å². The SMILES string of the molecule is COc1ccccc1C(=O)NC(CCSC)C(=O)Nc1cccc(CN2CCCC2=O)c1. The van der Waals surface area contributed by atoms with Gasteiger partial charge in [0.15, 0.2) is 0 Å². The van der Waals surface area contributed by atoms with Gasteiger partial charge in [0.25, 0.3) is 5.91 Å². The number of nitrogens with zero attached hydrogens (tertiary/aromatic N) is 1. The zero-order chi connectivity index (χ0) is 22.9. The predicted molar refractivity (Wildman–Crippen MR) is 127 cm³/mol. The zero-order valence-electron chi connectivity index (χ0n) is 18.4. The molecular formula is C24H29N3O4S. The molecular weight excluding hydrogens is 426 g/mol. The summed E-state index contributed by atoms with van der Waals surface area (Å²) in [6.45, 7) is 1.30. The van der Waals surface area contributed by atoms with Crippen molar-refractivity contribution in [1.82, 2.24) is 10.2 Å². The van der Waals surface area contributed by atoms with Crippen LogP contribution in [0.5, 0.6) is 5.75 Å². The molecule has 1 heterocycles. The van der Waals surface area contributed by atoms with Crippen LogP contribution in [0.2, 0.25) is 0 Å². The van der Waals surface area contributed by atoms with E-state index >= 15 is 0 Å². The summed E-state index contributed by atoms with van der Waals surface area (Å²) in [7, 11) is 1.51. The molecule has 32 heavy (non-hydrogen) atoms. The normalized spacial score (nSPS) is 14.2. The van der Waals surface area contributed by atoms with E-state index in [9.17, 15) is 14.4 Å². The number of ether oxygens (including phenoxy) is 1. The van der Waals surface area contributed by atoms with Crippen molar-refractivity contribution in [3.05, 3.63) is 59.7 Å². The van der Waals surface area contributed by atoms with Crippen molar-refractivity contribution < 1.29 is 19.1 Å². The number of thioether (sulfide) groups is 1. The molecule has 170 valence electrons. The summed E-state index contributed by atoms with van der Waals surface area (Å²) in [5.41, 5.74) is 1.98. The zero-order valence-corrected chi connectivity index (χ0v) is 19.2. The van der Waals surface area contributed by atoms with Gasteiger partial charge in [0.2, 0.25) is 11.8 Å². The second-order valence-corrected chi connectivity index (χ2v) is 8.60. The number of hydrogen-bond donors (Lipinski definition) is 2. The second kappa shape index (κ2) is 11.6. The highest BCUT2D eigenvalue weighted by molar-refractivity contribution is 7.98. The summed E-state index contributed by atoms with van der Waals surface area (Å²) in [5.74, 6) is 0.706. The molecule has 0 bridgehead atoms. The number of likely N-dealkylation sites (tertiary alicyclic amines) is 1. The Labute approximate surface area is 192 Å². The van der Waals surface area contributed by atoms with Crippen LogP contribution in [-0.2, 0) is 16.1 Å². The molecule has 3 rings (SSSR count). The fourth-order valence-corrected chi connectivity index (χ4v) is 4.11. The van der Waals surface area contributed by atoms with Gasteiger partial charge in [-0.25, -0.2) is 0 Å². The first-order chi connectivity index (χ1) is 15.5. The summed E-state index contributed by atoms with van der Waals surface area (Å²) in [5, 5.41) is 5.76. The van der Waals surface area contributed by atoms with Crippen LogP contribution in [0.1, 0.15) is 35.2 Å². The molecule has 0 radical (unpaired) electrons. The molecule has 8 heteroatoms.